The van der Waals surface area contributed by atoms with Crippen molar-refractivity contribution in [3.8, 4) is 17.2 Å². The minimum Gasteiger partial charge on any atom is -0.493 e. The van der Waals surface area contributed by atoms with Gasteiger partial charge in [-0.05, 0) is 99.2 Å². The molecule has 3 rings (SSSR count). The van der Waals surface area contributed by atoms with Gasteiger partial charge in [-0.2, -0.15) is 0 Å². The number of carboxylic acid groups (broad SMARTS) is 1. The number of benzene rings is 3. The molecule has 0 aromatic heterocycles. The standard InChI is InChI=1S/C33H39Cl2NO7/c1-5-40-31(32(37)38)18-25-8-10-28(11-9-25)42-15-13-36(33(39)43-30-17-23(3)22(2)16-24(30)4)12-6-7-14-41-29-20-26(34)19-27(35)21-29/h8-11,16-17,19-21,31H,5-7,12-15,18H2,1-4H3,(H,37,38). The van der Waals surface area contributed by atoms with Gasteiger partial charge in [0.05, 0.1) is 13.2 Å². The molecule has 1 atom stereocenters. The lowest BCUT2D eigenvalue weighted by molar-refractivity contribution is -0.149. The third-order valence-corrected chi connectivity index (χ3v) is 7.23. The molecule has 3 aromatic carbocycles. The number of halogens is 2. The average molecular weight is 633 g/mol. The molecule has 0 bridgehead atoms. The fraction of sp³-hybridized carbons (Fsp3) is 0.394. The summed E-state index contributed by atoms with van der Waals surface area (Å²) in [5, 5.41) is 10.3. The second kappa shape index (κ2) is 17.0. The Kier molecular flexibility index (Phi) is 13.4. The van der Waals surface area contributed by atoms with Gasteiger partial charge in [0.2, 0.25) is 0 Å². The molecule has 3 aromatic rings. The second-order valence-corrected chi connectivity index (χ2v) is 11.1. The highest BCUT2D eigenvalue weighted by Gasteiger charge is 2.19. The molecule has 1 N–H and O–H groups in total. The molecule has 0 saturated carbocycles. The lowest BCUT2D eigenvalue weighted by Crippen LogP contribution is -2.37. The molecule has 43 heavy (non-hydrogen) atoms. The van der Waals surface area contributed by atoms with Crippen LogP contribution in [0.1, 0.15) is 42.0 Å². The highest BCUT2D eigenvalue weighted by molar-refractivity contribution is 6.34. The number of unbranched alkanes of at least 4 members (excludes halogenated alkanes) is 1. The van der Waals surface area contributed by atoms with Crippen LogP contribution in [-0.2, 0) is 16.0 Å². The number of aliphatic carboxylic acids is 1. The van der Waals surface area contributed by atoms with Gasteiger partial charge in [-0.3, -0.25) is 0 Å². The normalized spacial score (nSPS) is 11.6. The summed E-state index contributed by atoms with van der Waals surface area (Å²) in [4.78, 5) is 26.2. The first kappa shape index (κ1) is 34.0. The van der Waals surface area contributed by atoms with Gasteiger partial charge in [0.25, 0.3) is 0 Å². The van der Waals surface area contributed by atoms with E-state index in [9.17, 15) is 14.7 Å². The first-order chi connectivity index (χ1) is 20.5. The Morgan fingerprint density at radius 2 is 1.47 bits per heavy atom. The maximum atomic E-state index is 13.2. The van der Waals surface area contributed by atoms with E-state index in [4.69, 9.17) is 42.1 Å². The fourth-order valence-electron chi connectivity index (χ4n) is 4.33. The Morgan fingerprint density at radius 1 is 0.814 bits per heavy atom. The van der Waals surface area contributed by atoms with Gasteiger partial charge < -0.3 is 29.0 Å². The number of nitrogens with zero attached hydrogens (tertiary/aromatic N) is 1. The van der Waals surface area contributed by atoms with Crippen molar-refractivity contribution in [3.05, 3.63) is 86.9 Å². The van der Waals surface area contributed by atoms with Gasteiger partial charge in [-0.1, -0.05) is 41.4 Å². The predicted octanol–water partition coefficient (Wildman–Crippen LogP) is 7.69. The number of hydrogen-bond donors (Lipinski definition) is 1. The maximum Gasteiger partial charge on any atom is 0.415 e. The Morgan fingerprint density at radius 3 is 2.12 bits per heavy atom. The van der Waals surface area contributed by atoms with E-state index >= 15 is 0 Å². The van der Waals surface area contributed by atoms with Gasteiger partial charge in [-0.15, -0.1) is 0 Å². The third-order valence-electron chi connectivity index (χ3n) is 6.79. The topological polar surface area (TPSA) is 94.5 Å². The van der Waals surface area contributed by atoms with Crippen LogP contribution in [0.4, 0.5) is 4.79 Å². The largest absolute Gasteiger partial charge is 0.493 e. The van der Waals surface area contributed by atoms with Gasteiger partial charge in [0, 0.05) is 29.6 Å². The minimum atomic E-state index is -0.995. The Labute approximate surface area is 263 Å². The maximum absolute atomic E-state index is 13.2. The zero-order valence-electron chi connectivity index (χ0n) is 25.0. The lowest BCUT2D eigenvalue weighted by atomic mass is 10.1. The van der Waals surface area contributed by atoms with Crippen LogP contribution in [-0.4, -0.2) is 61.1 Å². The number of rotatable bonds is 16. The zero-order valence-corrected chi connectivity index (χ0v) is 26.5. The van der Waals surface area contributed by atoms with Gasteiger partial charge in [0.15, 0.2) is 6.10 Å². The van der Waals surface area contributed by atoms with Crippen LogP contribution >= 0.6 is 23.2 Å². The second-order valence-electron chi connectivity index (χ2n) is 10.2. The highest BCUT2D eigenvalue weighted by atomic mass is 35.5. The van der Waals surface area contributed by atoms with E-state index in [0.717, 1.165) is 22.3 Å². The number of amides is 1. The molecule has 0 aliphatic rings. The summed E-state index contributed by atoms with van der Waals surface area (Å²) in [7, 11) is 0. The quantitative estimate of drug-likeness (QED) is 0.162. The SMILES string of the molecule is CCOC(Cc1ccc(OCCN(CCCCOc2cc(Cl)cc(Cl)c2)C(=O)Oc2cc(C)c(C)cc2C)cc1)C(=O)O. The third kappa shape index (κ3) is 11.3. The van der Waals surface area contributed by atoms with Crippen molar-refractivity contribution in [2.75, 3.05) is 32.9 Å². The van der Waals surface area contributed by atoms with Crippen LogP contribution in [0, 0.1) is 20.8 Å². The van der Waals surface area contributed by atoms with E-state index in [1.54, 1.807) is 42.2 Å². The van der Waals surface area contributed by atoms with E-state index in [0.29, 0.717) is 66.4 Å². The number of carbonyl (C=O) groups excluding carboxylic acids is 1. The highest BCUT2D eigenvalue weighted by Crippen LogP contribution is 2.25. The molecule has 0 heterocycles. The van der Waals surface area contributed by atoms with Crippen LogP contribution in [0.15, 0.2) is 54.6 Å². The molecular weight excluding hydrogens is 593 g/mol. The first-order valence-corrected chi connectivity index (χ1v) is 15.0. The van der Waals surface area contributed by atoms with Crippen LogP contribution in [0.2, 0.25) is 10.0 Å². The molecule has 0 radical (unpaired) electrons. The van der Waals surface area contributed by atoms with Crippen molar-refractivity contribution in [1.82, 2.24) is 4.90 Å². The minimum absolute atomic E-state index is 0.245. The van der Waals surface area contributed by atoms with E-state index in [2.05, 4.69) is 0 Å². The van der Waals surface area contributed by atoms with E-state index in [1.165, 1.54) is 0 Å². The number of hydrogen-bond acceptors (Lipinski definition) is 6. The summed E-state index contributed by atoms with van der Waals surface area (Å²) in [6, 6.07) is 16.1. The number of carbonyl (C=O) groups is 2. The molecule has 0 saturated heterocycles. The number of ether oxygens (including phenoxy) is 4. The summed E-state index contributed by atoms with van der Waals surface area (Å²) in [5.74, 6) is 0.738. The van der Waals surface area contributed by atoms with Gasteiger partial charge >= 0.3 is 12.1 Å². The van der Waals surface area contributed by atoms with Gasteiger partial charge in [0.1, 0.15) is 23.9 Å². The van der Waals surface area contributed by atoms with Crippen LogP contribution < -0.4 is 14.2 Å². The Balaban J connectivity index is 1.57. The van der Waals surface area contributed by atoms with Crippen molar-refractivity contribution in [1.29, 1.82) is 0 Å². The molecule has 10 heteroatoms. The summed E-state index contributed by atoms with van der Waals surface area (Å²) >= 11 is 12.1. The fourth-order valence-corrected chi connectivity index (χ4v) is 4.84. The van der Waals surface area contributed by atoms with Crippen molar-refractivity contribution in [2.45, 2.75) is 53.1 Å². The smallest absolute Gasteiger partial charge is 0.415 e. The van der Waals surface area contributed by atoms with E-state index < -0.39 is 18.2 Å². The number of carboxylic acids is 1. The summed E-state index contributed by atoms with van der Waals surface area (Å²) in [6.45, 7) is 9.43. The van der Waals surface area contributed by atoms with Crippen LogP contribution in [0.5, 0.6) is 17.2 Å². The molecule has 0 fully saturated rings. The molecule has 0 aliphatic carbocycles. The zero-order chi connectivity index (χ0) is 31.4. The Hall–Kier alpha value is -3.46. The molecule has 1 unspecified atom stereocenters. The van der Waals surface area contributed by atoms with Crippen molar-refractivity contribution in [3.63, 3.8) is 0 Å². The Bertz CT molecular complexity index is 1340. The van der Waals surface area contributed by atoms with Crippen LogP contribution in [0.3, 0.4) is 0 Å². The van der Waals surface area contributed by atoms with Crippen molar-refractivity contribution >= 4 is 35.3 Å². The van der Waals surface area contributed by atoms with E-state index in [1.807, 2.05) is 45.0 Å². The molecule has 0 aliphatic heterocycles. The summed E-state index contributed by atoms with van der Waals surface area (Å²) < 4.78 is 22.8. The molecule has 232 valence electrons. The van der Waals surface area contributed by atoms with Gasteiger partial charge in [-0.25, -0.2) is 9.59 Å². The summed E-state index contributed by atoms with van der Waals surface area (Å²) in [6.07, 6.45) is 0.274. The number of aryl methyl sites for hydroxylation is 3. The average Bonchev–Trinajstić information content (AvgIpc) is 2.94. The lowest BCUT2D eigenvalue weighted by Gasteiger charge is -2.23. The monoisotopic (exact) mass is 631 g/mol. The molecule has 1 amide bonds. The predicted molar refractivity (Wildman–Crippen MR) is 168 cm³/mol. The van der Waals surface area contributed by atoms with Crippen molar-refractivity contribution in [2.24, 2.45) is 0 Å². The molecular formula is C33H39Cl2NO7. The molecule has 0 spiro atoms. The van der Waals surface area contributed by atoms with Crippen LogP contribution in [0.25, 0.3) is 0 Å². The van der Waals surface area contributed by atoms with E-state index in [-0.39, 0.29) is 13.0 Å². The first-order valence-electron chi connectivity index (χ1n) is 14.2. The van der Waals surface area contributed by atoms with Crippen molar-refractivity contribution < 1.29 is 33.6 Å². The molecule has 8 nitrogen and oxygen atoms in total. The summed E-state index contributed by atoms with van der Waals surface area (Å²) in [5.41, 5.74) is 3.88.